The molecule has 2 rings (SSSR count). The van der Waals surface area contributed by atoms with Gasteiger partial charge in [0, 0.05) is 11.6 Å². The fraction of sp³-hybridized carbons (Fsp3) is 0.143. The molecule has 0 radical (unpaired) electrons. The van der Waals surface area contributed by atoms with Gasteiger partial charge in [0.15, 0.2) is 0 Å². The highest BCUT2D eigenvalue weighted by Crippen LogP contribution is 2.27. The lowest BCUT2D eigenvalue weighted by molar-refractivity contribution is 1.15. The first-order chi connectivity index (χ1) is 8.16. The van der Waals surface area contributed by atoms with Crippen LogP contribution in [0.25, 0.3) is 0 Å². The van der Waals surface area contributed by atoms with Gasteiger partial charge in [0.05, 0.1) is 11.4 Å². The number of rotatable bonds is 3. The summed E-state index contributed by atoms with van der Waals surface area (Å²) < 4.78 is 0. The van der Waals surface area contributed by atoms with E-state index in [2.05, 4.69) is 17.4 Å². The van der Waals surface area contributed by atoms with E-state index in [-0.39, 0.29) is 0 Å². The number of aryl methyl sites for hydroxylation is 1. The molecule has 0 heterocycles. The zero-order valence-electron chi connectivity index (χ0n) is 9.70. The lowest BCUT2D eigenvalue weighted by Crippen LogP contribution is -2.02. The molecule has 0 unspecified atom stereocenters. The number of benzene rings is 2. The number of nitrogens with two attached hydrogens (primary N) is 1. The average molecular weight is 247 g/mol. The normalized spacial score (nSPS) is 10.2. The molecule has 0 amide bonds. The van der Waals surface area contributed by atoms with Crippen molar-refractivity contribution in [1.82, 2.24) is 0 Å². The van der Waals surface area contributed by atoms with Gasteiger partial charge in [-0.2, -0.15) is 0 Å². The van der Waals surface area contributed by atoms with Gasteiger partial charge >= 0.3 is 0 Å². The van der Waals surface area contributed by atoms with Gasteiger partial charge in [-0.3, -0.25) is 0 Å². The van der Waals surface area contributed by atoms with Crippen LogP contribution in [0.4, 0.5) is 11.4 Å². The first kappa shape index (κ1) is 11.8. The van der Waals surface area contributed by atoms with Crippen LogP contribution in [-0.2, 0) is 6.54 Å². The highest BCUT2D eigenvalue weighted by atomic mass is 35.5. The zero-order valence-corrected chi connectivity index (χ0v) is 10.5. The van der Waals surface area contributed by atoms with Gasteiger partial charge in [0.2, 0.25) is 0 Å². The van der Waals surface area contributed by atoms with Crippen molar-refractivity contribution in [2.24, 2.45) is 0 Å². The second-order valence-electron chi connectivity index (χ2n) is 4.03. The van der Waals surface area contributed by atoms with Crippen LogP contribution in [0.5, 0.6) is 0 Å². The quantitative estimate of drug-likeness (QED) is 0.808. The summed E-state index contributed by atoms with van der Waals surface area (Å²) in [6, 6.07) is 13.9. The number of hydrogen-bond acceptors (Lipinski definition) is 2. The van der Waals surface area contributed by atoms with Gasteiger partial charge in [-0.05, 0) is 30.2 Å². The third-order valence-corrected chi connectivity index (χ3v) is 3.06. The molecule has 0 aliphatic rings. The fourth-order valence-electron chi connectivity index (χ4n) is 1.65. The van der Waals surface area contributed by atoms with Gasteiger partial charge in [-0.25, -0.2) is 0 Å². The highest BCUT2D eigenvalue weighted by Gasteiger charge is 2.03. The molecule has 0 aromatic heterocycles. The predicted octanol–water partition coefficient (Wildman–Crippen LogP) is 3.84. The van der Waals surface area contributed by atoms with Crippen molar-refractivity contribution in [3.05, 3.63) is 58.6 Å². The van der Waals surface area contributed by atoms with Crippen molar-refractivity contribution >= 4 is 23.0 Å². The first-order valence-corrected chi connectivity index (χ1v) is 5.88. The monoisotopic (exact) mass is 246 g/mol. The van der Waals surface area contributed by atoms with E-state index in [9.17, 15) is 0 Å². The van der Waals surface area contributed by atoms with E-state index >= 15 is 0 Å². The molecule has 2 aromatic carbocycles. The standard InChI is InChI=1S/C14H15ClN2/c1-10-7-13(16)14(8-12(10)15)17-9-11-5-3-2-4-6-11/h2-8,17H,9,16H2,1H3. The van der Waals surface area contributed by atoms with E-state index in [1.54, 1.807) is 0 Å². The second-order valence-corrected chi connectivity index (χ2v) is 4.43. The van der Waals surface area contributed by atoms with E-state index in [1.165, 1.54) is 5.56 Å². The van der Waals surface area contributed by atoms with Crippen LogP contribution in [0.2, 0.25) is 5.02 Å². The molecule has 0 fully saturated rings. The minimum atomic E-state index is 0.725. The molecule has 88 valence electrons. The maximum atomic E-state index is 6.07. The molecule has 2 aromatic rings. The Morgan fingerprint density at radius 2 is 1.88 bits per heavy atom. The molecule has 0 saturated heterocycles. The van der Waals surface area contributed by atoms with Crippen molar-refractivity contribution in [1.29, 1.82) is 0 Å². The maximum absolute atomic E-state index is 6.07. The van der Waals surface area contributed by atoms with Crippen molar-refractivity contribution < 1.29 is 0 Å². The molecule has 0 saturated carbocycles. The lowest BCUT2D eigenvalue weighted by Gasteiger charge is -2.11. The molecule has 0 atom stereocenters. The minimum Gasteiger partial charge on any atom is -0.397 e. The lowest BCUT2D eigenvalue weighted by atomic mass is 10.1. The molecule has 3 heteroatoms. The van der Waals surface area contributed by atoms with Crippen LogP contribution in [0, 0.1) is 6.92 Å². The van der Waals surface area contributed by atoms with Crippen LogP contribution in [0.15, 0.2) is 42.5 Å². The van der Waals surface area contributed by atoms with Crippen molar-refractivity contribution in [3.63, 3.8) is 0 Å². The topological polar surface area (TPSA) is 38.0 Å². The Hall–Kier alpha value is -1.67. The third kappa shape index (κ3) is 2.92. The van der Waals surface area contributed by atoms with E-state index in [0.717, 1.165) is 28.5 Å². The summed E-state index contributed by atoms with van der Waals surface area (Å²) in [7, 11) is 0. The summed E-state index contributed by atoms with van der Waals surface area (Å²) in [5.41, 5.74) is 9.74. The Balaban J connectivity index is 2.12. The van der Waals surface area contributed by atoms with Gasteiger partial charge in [0.1, 0.15) is 0 Å². The number of nitrogens with one attached hydrogen (secondary N) is 1. The molecule has 0 bridgehead atoms. The SMILES string of the molecule is Cc1cc(N)c(NCc2ccccc2)cc1Cl. The number of halogens is 1. The van der Waals surface area contributed by atoms with Crippen molar-refractivity contribution in [3.8, 4) is 0 Å². The summed E-state index contributed by atoms with van der Waals surface area (Å²) in [6.07, 6.45) is 0. The van der Waals surface area contributed by atoms with E-state index < -0.39 is 0 Å². The molecule has 0 aliphatic carbocycles. The fourth-order valence-corrected chi connectivity index (χ4v) is 1.81. The van der Waals surface area contributed by atoms with E-state index in [1.807, 2.05) is 37.3 Å². The molecule has 0 aliphatic heterocycles. The van der Waals surface area contributed by atoms with E-state index in [0.29, 0.717) is 0 Å². The highest BCUT2D eigenvalue weighted by molar-refractivity contribution is 6.31. The Kier molecular flexibility index (Phi) is 3.55. The van der Waals surface area contributed by atoms with Crippen molar-refractivity contribution in [2.45, 2.75) is 13.5 Å². The third-order valence-electron chi connectivity index (χ3n) is 2.66. The largest absolute Gasteiger partial charge is 0.397 e. The smallest absolute Gasteiger partial charge is 0.0591 e. The zero-order chi connectivity index (χ0) is 12.3. The number of nitrogen functional groups attached to an aromatic ring is 1. The van der Waals surface area contributed by atoms with Gasteiger partial charge in [-0.1, -0.05) is 41.9 Å². The first-order valence-electron chi connectivity index (χ1n) is 5.50. The number of anilines is 2. The molecule has 3 N–H and O–H groups in total. The van der Waals surface area contributed by atoms with Crippen molar-refractivity contribution in [2.75, 3.05) is 11.1 Å². The van der Waals surface area contributed by atoms with Crippen LogP contribution < -0.4 is 11.1 Å². The van der Waals surface area contributed by atoms with Crippen LogP contribution >= 0.6 is 11.6 Å². The van der Waals surface area contributed by atoms with Crippen LogP contribution in [0.1, 0.15) is 11.1 Å². The maximum Gasteiger partial charge on any atom is 0.0591 e. The summed E-state index contributed by atoms with van der Waals surface area (Å²) in [6.45, 7) is 2.68. The minimum absolute atomic E-state index is 0.725. The van der Waals surface area contributed by atoms with Crippen LogP contribution in [-0.4, -0.2) is 0 Å². The Morgan fingerprint density at radius 3 is 2.59 bits per heavy atom. The average Bonchev–Trinajstić information content (AvgIpc) is 2.33. The molecule has 17 heavy (non-hydrogen) atoms. The summed E-state index contributed by atoms with van der Waals surface area (Å²) >= 11 is 6.07. The Bertz CT molecular complexity index is 509. The summed E-state index contributed by atoms with van der Waals surface area (Å²) in [5, 5.41) is 4.02. The Labute approximate surface area is 106 Å². The second kappa shape index (κ2) is 5.11. The van der Waals surface area contributed by atoms with Gasteiger partial charge in [-0.15, -0.1) is 0 Å². The predicted molar refractivity (Wildman–Crippen MR) is 74.4 cm³/mol. The van der Waals surface area contributed by atoms with Gasteiger partial charge < -0.3 is 11.1 Å². The van der Waals surface area contributed by atoms with Gasteiger partial charge in [0.25, 0.3) is 0 Å². The molecule has 0 spiro atoms. The molecule has 2 nitrogen and oxygen atoms in total. The Morgan fingerprint density at radius 1 is 1.18 bits per heavy atom. The molecular weight excluding hydrogens is 232 g/mol. The number of hydrogen-bond donors (Lipinski definition) is 2. The summed E-state index contributed by atoms with van der Waals surface area (Å²) in [5.74, 6) is 0. The molecular formula is C14H15ClN2. The summed E-state index contributed by atoms with van der Waals surface area (Å²) in [4.78, 5) is 0. The van der Waals surface area contributed by atoms with Crippen LogP contribution in [0.3, 0.4) is 0 Å². The van der Waals surface area contributed by atoms with E-state index in [4.69, 9.17) is 17.3 Å².